The fourth-order valence-electron chi connectivity index (χ4n) is 3.34. The Labute approximate surface area is 127 Å². The summed E-state index contributed by atoms with van der Waals surface area (Å²) in [5.41, 5.74) is 5.51. The maximum absolute atomic E-state index is 4.62. The van der Waals surface area contributed by atoms with E-state index < -0.39 is 0 Å². The van der Waals surface area contributed by atoms with Gasteiger partial charge in [-0.2, -0.15) is 0 Å². The van der Waals surface area contributed by atoms with Gasteiger partial charge in [-0.1, -0.05) is 30.3 Å². The number of fused-ring (bicyclic) bond motifs is 1. The van der Waals surface area contributed by atoms with Gasteiger partial charge in [-0.05, 0) is 62.3 Å². The molecule has 0 spiro atoms. The molecule has 1 aliphatic rings. The summed E-state index contributed by atoms with van der Waals surface area (Å²) < 4.78 is 0. The molecule has 0 radical (unpaired) electrons. The van der Waals surface area contributed by atoms with E-state index in [0.29, 0.717) is 12.1 Å². The number of hydrogen-bond donors (Lipinski definition) is 1. The molecule has 1 aromatic heterocycles. The van der Waals surface area contributed by atoms with Crippen LogP contribution in [-0.4, -0.2) is 11.0 Å². The van der Waals surface area contributed by atoms with Crippen molar-refractivity contribution in [3.63, 3.8) is 0 Å². The molecule has 3 rings (SSSR count). The molecule has 2 aromatic rings. The molecule has 110 valence electrons. The van der Waals surface area contributed by atoms with Crippen molar-refractivity contribution in [3.05, 3.63) is 65.0 Å². The van der Waals surface area contributed by atoms with E-state index >= 15 is 0 Å². The zero-order valence-corrected chi connectivity index (χ0v) is 13.0. The van der Waals surface area contributed by atoms with Crippen molar-refractivity contribution in [1.29, 1.82) is 0 Å². The van der Waals surface area contributed by atoms with E-state index in [1.165, 1.54) is 41.6 Å². The summed E-state index contributed by atoms with van der Waals surface area (Å²) in [5, 5.41) is 3.79. The van der Waals surface area contributed by atoms with Crippen molar-refractivity contribution in [1.82, 2.24) is 10.3 Å². The molecule has 21 heavy (non-hydrogen) atoms. The van der Waals surface area contributed by atoms with E-state index in [4.69, 9.17) is 0 Å². The van der Waals surface area contributed by atoms with E-state index in [1.54, 1.807) is 0 Å². The summed E-state index contributed by atoms with van der Waals surface area (Å²) in [7, 11) is 0. The highest BCUT2D eigenvalue weighted by Crippen LogP contribution is 2.28. The van der Waals surface area contributed by atoms with Gasteiger partial charge in [0.05, 0.1) is 5.69 Å². The van der Waals surface area contributed by atoms with Crippen LogP contribution in [0.1, 0.15) is 48.2 Å². The van der Waals surface area contributed by atoms with Crippen LogP contribution >= 0.6 is 0 Å². The fourth-order valence-corrected chi connectivity index (χ4v) is 3.34. The molecule has 0 saturated carbocycles. The molecule has 1 N–H and O–H groups in total. The van der Waals surface area contributed by atoms with Crippen LogP contribution in [0.3, 0.4) is 0 Å². The average molecular weight is 280 g/mol. The van der Waals surface area contributed by atoms with Crippen molar-refractivity contribution >= 4 is 0 Å². The second-order valence-corrected chi connectivity index (χ2v) is 6.19. The molecule has 2 nitrogen and oxygen atoms in total. The van der Waals surface area contributed by atoms with Crippen LogP contribution in [0.4, 0.5) is 0 Å². The van der Waals surface area contributed by atoms with E-state index in [1.807, 2.05) is 6.20 Å². The largest absolute Gasteiger partial charge is 0.306 e. The zero-order chi connectivity index (χ0) is 14.7. The number of benzene rings is 1. The Hall–Kier alpha value is -1.67. The second kappa shape index (κ2) is 6.40. The van der Waals surface area contributed by atoms with Gasteiger partial charge in [0, 0.05) is 18.3 Å². The van der Waals surface area contributed by atoms with Gasteiger partial charge in [-0.15, -0.1) is 0 Å². The lowest BCUT2D eigenvalue weighted by atomic mass is 9.91. The van der Waals surface area contributed by atoms with Gasteiger partial charge in [0.25, 0.3) is 0 Å². The Balaban J connectivity index is 1.69. The summed E-state index contributed by atoms with van der Waals surface area (Å²) in [4.78, 5) is 4.62. The Morgan fingerprint density at radius 2 is 2.10 bits per heavy atom. The van der Waals surface area contributed by atoms with Gasteiger partial charge in [-0.25, -0.2) is 0 Å². The number of nitrogens with zero attached hydrogens (tertiary/aromatic N) is 1. The van der Waals surface area contributed by atoms with Gasteiger partial charge in [0.2, 0.25) is 0 Å². The van der Waals surface area contributed by atoms with Gasteiger partial charge < -0.3 is 5.32 Å². The van der Waals surface area contributed by atoms with Crippen molar-refractivity contribution in [2.24, 2.45) is 0 Å². The molecule has 0 fully saturated rings. The SMILES string of the molecule is Cc1ccccc1CC(C)NC1CCCc2cccnc21. The smallest absolute Gasteiger partial charge is 0.0605 e. The first-order valence-electron chi connectivity index (χ1n) is 7.98. The zero-order valence-electron chi connectivity index (χ0n) is 13.0. The van der Waals surface area contributed by atoms with Crippen LogP contribution in [0.5, 0.6) is 0 Å². The van der Waals surface area contributed by atoms with Crippen molar-refractivity contribution in [3.8, 4) is 0 Å². The molecular formula is C19H24N2. The Kier molecular flexibility index (Phi) is 4.35. The van der Waals surface area contributed by atoms with Crippen LogP contribution in [0.2, 0.25) is 0 Å². The second-order valence-electron chi connectivity index (χ2n) is 6.19. The standard InChI is InChI=1S/C19H24N2/c1-14-7-3-4-8-17(14)13-15(2)21-18-11-5-9-16-10-6-12-20-19(16)18/h3-4,6-8,10,12,15,18,21H,5,9,11,13H2,1-2H3. The first-order chi connectivity index (χ1) is 10.2. The maximum Gasteiger partial charge on any atom is 0.0605 e. The molecule has 1 aromatic carbocycles. The molecule has 0 saturated heterocycles. The quantitative estimate of drug-likeness (QED) is 0.916. The monoisotopic (exact) mass is 280 g/mol. The molecule has 0 aliphatic heterocycles. The van der Waals surface area contributed by atoms with Gasteiger partial charge in [-0.3, -0.25) is 4.98 Å². The average Bonchev–Trinajstić information content (AvgIpc) is 2.50. The number of nitrogens with one attached hydrogen (secondary N) is 1. The Morgan fingerprint density at radius 3 is 2.95 bits per heavy atom. The number of rotatable bonds is 4. The summed E-state index contributed by atoms with van der Waals surface area (Å²) in [5.74, 6) is 0. The topological polar surface area (TPSA) is 24.9 Å². The predicted molar refractivity (Wildman–Crippen MR) is 87.4 cm³/mol. The molecule has 0 bridgehead atoms. The molecule has 0 amide bonds. The van der Waals surface area contributed by atoms with E-state index in [-0.39, 0.29) is 0 Å². The van der Waals surface area contributed by atoms with Crippen molar-refractivity contribution in [2.45, 2.75) is 51.6 Å². The minimum Gasteiger partial charge on any atom is -0.306 e. The van der Waals surface area contributed by atoms with E-state index in [9.17, 15) is 0 Å². The van der Waals surface area contributed by atoms with Crippen molar-refractivity contribution < 1.29 is 0 Å². The first kappa shape index (κ1) is 14.3. The van der Waals surface area contributed by atoms with E-state index in [0.717, 1.165) is 6.42 Å². The van der Waals surface area contributed by atoms with Gasteiger partial charge in [0.15, 0.2) is 0 Å². The van der Waals surface area contributed by atoms with Crippen molar-refractivity contribution in [2.75, 3.05) is 0 Å². The third-order valence-electron chi connectivity index (χ3n) is 4.47. The lowest BCUT2D eigenvalue weighted by Gasteiger charge is -2.28. The molecular weight excluding hydrogens is 256 g/mol. The normalized spacial score (nSPS) is 19.0. The molecule has 2 unspecified atom stereocenters. The molecule has 1 aliphatic carbocycles. The fraction of sp³-hybridized carbons (Fsp3) is 0.421. The van der Waals surface area contributed by atoms with Crippen LogP contribution < -0.4 is 5.32 Å². The Bertz CT molecular complexity index is 606. The van der Waals surface area contributed by atoms with Gasteiger partial charge >= 0.3 is 0 Å². The summed E-state index contributed by atoms with van der Waals surface area (Å²) >= 11 is 0. The number of aromatic nitrogens is 1. The molecule has 1 heterocycles. The van der Waals surface area contributed by atoms with Crippen LogP contribution in [-0.2, 0) is 12.8 Å². The number of hydrogen-bond acceptors (Lipinski definition) is 2. The molecule has 2 heteroatoms. The highest BCUT2D eigenvalue weighted by molar-refractivity contribution is 5.27. The van der Waals surface area contributed by atoms with Crippen LogP contribution in [0, 0.1) is 6.92 Å². The lowest BCUT2D eigenvalue weighted by molar-refractivity contribution is 0.398. The first-order valence-corrected chi connectivity index (χ1v) is 7.98. The van der Waals surface area contributed by atoms with Gasteiger partial charge in [0.1, 0.15) is 0 Å². The maximum atomic E-state index is 4.62. The summed E-state index contributed by atoms with van der Waals surface area (Å²) in [6, 6.07) is 13.8. The molecule has 2 atom stereocenters. The van der Waals surface area contributed by atoms with Crippen LogP contribution in [0.25, 0.3) is 0 Å². The lowest BCUT2D eigenvalue weighted by Crippen LogP contribution is -2.34. The minimum absolute atomic E-state index is 0.411. The van der Waals surface area contributed by atoms with Crippen LogP contribution in [0.15, 0.2) is 42.6 Å². The highest BCUT2D eigenvalue weighted by atomic mass is 15.0. The van der Waals surface area contributed by atoms with E-state index in [2.05, 4.69) is 60.5 Å². The summed E-state index contributed by atoms with van der Waals surface area (Å²) in [6.45, 7) is 4.48. The highest BCUT2D eigenvalue weighted by Gasteiger charge is 2.22. The number of pyridine rings is 1. The number of aryl methyl sites for hydroxylation is 2. The minimum atomic E-state index is 0.411. The summed E-state index contributed by atoms with van der Waals surface area (Å²) in [6.07, 6.45) is 6.62. The predicted octanol–water partition coefficient (Wildman–Crippen LogP) is 3.99. The Morgan fingerprint density at radius 1 is 1.24 bits per heavy atom. The third kappa shape index (κ3) is 3.33. The third-order valence-corrected chi connectivity index (χ3v) is 4.47.